The Kier molecular flexibility index (Phi) is 1.21. The highest BCUT2D eigenvalue weighted by Crippen LogP contribution is 2.49. The van der Waals surface area contributed by atoms with Crippen molar-refractivity contribution in [2.45, 2.75) is 6.42 Å². The first-order valence-corrected chi connectivity index (χ1v) is 4.52. The van der Waals surface area contributed by atoms with Crippen molar-refractivity contribution in [1.29, 1.82) is 0 Å². The normalized spacial score (nSPS) is 33.2. The van der Waals surface area contributed by atoms with Crippen LogP contribution < -0.4 is 0 Å². The SMILES string of the molecule is C1=CCC23C=CC=CC2=COC3=C1. The summed E-state index contributed by atoms with van der Waals surface area (Å²) in [5.74, 6) is 1.06. The molecule has 1 nitrogen and oxygen atoms in total. The lowest BCUT2D eigenvalue weighted by molar-refractivity contribution is 0.310. The van der Waals surface area contributed by atoms with Crippen molar-refractivity contribution in [2.24, 2.45) is 5.41 Å². The van der Waals surface area contributed by atoms with Gasteiger partial charge < -0.3 is 4.74 Å². The maximum Gasteiger partial charge on any atom is 0.118 e. The number of rotatable bonds is 0. The zero-order valence-electron chi connectivity index (χ0n) is 7.23. The first kappa shape index (κ1) is 6.96. The summed E-state index contributed by atoms with van der Waals surface area (Å²) in [7, 11) is 0. The van der Waals surface area contributed by atoms with Crippen LogP contribution in [-0.2, 0) is 4.74 Å². The van der Waals surface area contributed by atoms with Gasteiger partial charge in [-0.25, -0.2) is 0 Å². The van der Waals surface area contributed by atoms with Gasteiger partial charge in [-0.15, -0.1) is 0 Å². The Morgan fingerprint density at radius 2 is 2.23 bits per heavy atom. The second-order valence-electron chi connectivity index (χ2n) is 3.54. The van der Waals surface area contributed by atoms with Gasteiger partial charge in [0, 0.05) is 5.57 Å². The molecular formula is C12H10O. The van der Waals surface area contributed by atoms with Crippen LogP contribution in [0.2, 0.25) is 0 Å². The summed E-state index contributed by atoms with van der Waals surface area (Å²) in [4.78, 5) is 0. The van der Waals surface area contributed by atoms with Gasteiger partial charge in [-0.1, -0.05) is 36.5 Å². The highest BCUT2D eigenvalue weighted by Gasteiger charge is 2.41. The van der Waals surface area contributed by atoms with Crippen LogP contribution in [0.3, 0.4) is 0 Å². The average molecular weight is 170 g/mol. The Balaban J connectivity index is 2.18. The van der Waals surface area contributed by atoms with Gasteiger partial charge in [-0.05, 0) is 12.5 Å². The third-order valence-corrected chi connectivity index (χ3v) is 2.86. The molecule has 64 valence electrons. The van der Waals surface area contributed by atoms with Crippen LogP contribution in [0.25, 0.3) is 0 Å². The molecule has 1 atom stereocenters. The summed E-state index contributed by atoms with van der Waals surface area (Å²) in [6.07, 6.45) is 17.7. The molecule has 2 aliphatic carbocycles. The molecule has 0 N–H and O–H groups in total. The van der Waals surface area contributed by atoms with Crippen molar-refractivity contribution < 1.29 is 4.74 Å². The monoisotopic (exact) mass is 170 g/mol. The zero-order valence-corrected chi connectivity index (χ0v) is 7.23. The fraction of sp³-hybridized carbons (Fsp3) is 0.167. The molecule has 0 aromatic heterocycles. The quantitative estimate of drug-likeness (QED) is 0.543. The van der Waals surface area contributed by atoms with Crippen LogP contribution in [0.5, 0.6) is 0 Å². The Labute approximate surface area is 77.4 Å². The minimum Gasteiger partial charge on any atom is -0.468 e. The molecule has 3 rings (SSSR count). The topological polar surface area (TPSA) is 9.23 Å². The van der Waals surface area contributed by atoms with E-state index in [4.69, 9.17) is 4.74 Å². The highest BCUT2D eigenvalue weighted by atomic mass is 16.5. The van der Waals surface area contributed by atoms with E-state index in [9.17, 15) is 0 Å². The zero-order chi connectivity index (χ0) is 8.73. The largest absolute Gasteiger partial charge is 0.468 e. The maximum absolute atomic E-state index is 5.54. The summed E-state index contributed by atoms with van der Waals surface area (Å²) in [5.41, 5.74) is 1.30. The molecule has 3 aliphatic rings. The molecule has 0 amide bonds. The van der Waals surface area contributed by atoms with E-state index in [1.165, 1.54) is 5.57 Å². The molecule has 0 saturated heterocycles. The average Bonchev–Trinajstić information content (AvgIpc) is 2.56. The van der Waals surface area contributed by atoms with Crippen LogP contribution in [0.1, 0.15) is 6.42 Å². The van der Waals surface area contributed by atoms with Crippen molar-refractivity contribution in [3.63, 3.8) is 0 Å². The minimum absolute atomic E-state index is 0.0312. The Hall–Kier alpha value is -1.50. The molecule has 1 spiro atoms. The number of ether oxygens (including phenoxy) is 1. The summed E-state index contributed by atoms with van der Waals surface area (Å²) < 4.78 is 5.54. The van der Waals surface area contributed by atoms with Crippen molar-refractivity contribution in [3.8, 4) is 0 Å². The van der Waals surface area contributed by atoms with Crippen LogP contribution in [-0.4, -0.2) is 0 Å². The second kappa shape index (κ2) is 2.25. The lowest BCUT2D eigenvalue weighted by Gasteiger charge is -2.29. The van der Waals surface area contributed by atoms with E-state index in [1.807, 2.05) is 6.26 Å². The second-order valence-corrected chi connectivity index (χ2v) is 3.54. The van der Waals surface area contributed by atoms with Crippen molar-refractivity contribution >= 4 is 0 Å². The van der Waals surface area contributed by atoms with Crippen LogP contribution in [0, 0.1) is 5.41 Å². The van der Waals surface area contributed by atoms with E-state index >= 15 is 0 Å². The number of allylic oxidation sites excluding steroid dienone is 7. The van der Waals surface area contributed by atoms with Crippen molar-refractivity contribution in [1.82, 2.24) is 0 Å². The van der Waals surface area contributed by atoms with Crippen molar-refractivity contribution in [3.05, 3.63) is 60.1 Å². The van der Waals surface area contributed by atoms with Gasteiger partial charge in [0.05, 0.1) is 11.7 Å². The molecule has 0 aromatic carbocycles. The van der Waals surface area contributed by atoms with E-state index in [0.29, 0.717) is 0 Å². The van der Waals surface area contributed by atoms with Crippen LogP contribution in [0.4, 0.5) is 0 Å². The fourth-order valence-corrected chi connectivity index (χ4v) is 2.11. The molecule has 1 aliphatic heterocycles. The van der Waals surface area contributed by atoms with Gasteiger partial charge in [-0.3, -0.25) is 0 Å². The molecule has 1 unspecified atom stereocenters. The summed E-state index contributed by atoms with van der Waals surface area (Å²) in [6, 6.07) is 0. The predicted molar refractivity (Wildman–Crippen MR) is 51.7 cm³/mol. The van der Waals surface area contributed by atoms with E-state index in [0.717, 1.165) is 12.2 Å². The summed E-state index contributed by atoms with van der Waals surface area (Å²) >= 11 is 0. The van der Waals surface area contributed by atoms with E-state index in [1.54, 1.807) is 0 Å². The third kappa shape index (κ3) is 0.765. The highest BCUT2D eigenvalue weighted by molar-refractivity contribution is 5.50. The molecule has 1 heteroatoms. The Morgan fingerprint density at radius 3 is 3.23 bits per heavy atom. The third-order valence-electron chi connectivity index (χ3n) is 2.86. The molecule has 0 radical (unpaired) electrons. The van der Waals surface area contributed by atoms with Crippen LogP contribution in [0.15, 0.2) is 60.1 Å². The predicted octanol–water partition coefficient (Wildman–Crippen LogP) is 2.86. The van der Waals surface area contributed by atoms with E-state index in [2.05, 4.69) is 42.5 Å². The number of hydrogen-bond donors (Lipinski definition) is 0. The van der Waals surface area contributed by atoms with Crippen LogP contribution >= 0.6 is 0 Å². The lowest BCUT2D eigenvalue weighted by Crippen LogP contribution is -2.21. The van der Waals surface area contributed by atoms with Gasteiger partial charge in [0.1, 0.15) is 5.76 Å². The minimum atomic E-state index is 0.0312. The lowest BCUT2D eigenvalue weighted by atomic mass is 9.73. The molecule has 0 saturated carbocycles. The Bertz CT molecular complexity index is 393. The van der Waals surface area contributed by atoms with Gasteiger partial charge >= 0.3 is 0 Å². The molecular weight excluding hydrogens is 160 g/mol. The first-order chi connectivity index (χ1) is 6.42. The van der Waals surface area contributed by atoms with Crippen molar-refractivity contribution in [2.75, 3.05) is 0 Å². The first-order valence-electron chi connectivity index (χ1n) is 4.52. The maximum atomic E-state index is 5.54. The fourth-order valence-electron chi connectivity index (χ4n) is 2.11. The standard InChI is InChI=1S/C12H10O/c1-3-7-12-8-4-2-6-11(12)13-9-10(12)5-1/h1-7,9H,8H2. The molecule has 13 heavy (non-hydrogen) atoms. The van der Waals surface area contributed by atoms with Gasteiger partial charge in [0.15, 0.2) is 0 Å². The van der Waals surface area contributed by atoms with E-state index < -0.39 is 0 Å². The summed E-state index contributed by atoms with van der Waals surface area (Å²) in [5, 5.41) is 0. The molecule has 0 aromatic rings. The molecule has 0 bridgehead atoms. The van der Waals surface area contributed by atoms with E-state index in [-0.39, 0.29) is 5.41 Å². The molecule has 1 heterocycles. The number of hydrogen-bond acceptors (Lipinski definition) is 1. The van der Waals surface area contributed by atoms with Gasteiger partial charge in [0.2, 0.25) is 0 Å². The van der Waals surface area contributed by atoms with Gasteiger partial charge in [0.25, 0.3) is 0 Å². The van der Waals surface area contributed by atoms with Gasteiger partial charge in [-0.2, -0.15) is 0 Å². The smallest absolute Gasteiger partial charge is 0.118 e. The molecule has 0 fully saturated rings. The Morgan fingerprint density at radius 1 is 1.23 bits per heavy atom. The summed E-state index contributed by atoms with van der Waals surface area (Å²) in [6.45, 7) is 0.